The number of carbonyl (C=O) groups excluding carboxylic acids is 1. The molecule has 21 heavy (non-hydrogen) atoms. The molecule has 6 aliphatic rings. The molecule has 1 amide bonds. The Hall–Kier alpha value is -1.05. The zero-order chi connectivity index (χ0) is 14.0. The van der Waals surface area contributed by atoms with Crippen molar-refractivity contribution in [1.82, 2.24) is 4.90 Å². The maximum Gasteiger partial charge on any atom is 0.225 e. The highest BCUT2D eigenvalue weighted by Crippen LogP contribution is 2.58. The number of likely N-dealkylation sites (tertiary alicyclic amines) is 1. The van der Waals surface area contributed by atoms with Crippen molar-refractivity contribution in [2.45, 2.75) is 32.1 Å². The second-order valence-corrected chi connectivity index (χ2v) is 7.99. The van der Waals surface area contributed by atoms with E-state index >= 15 is 0 Å². The van der Waals surface area contributed by atoms with Crippen molar-refractivity contribution in [1.29, 1.82) is 0 Å². The van der Waals surface area contributed by atoms with Crippen LogP contribution in [0.15, 0.2) is 24.3 Å². The van der Waals surface area contributed by atoms with Gasteiger partial charge in [0, 0.05) is 19.0 Å². The van der Waals surface area contributed by atoms with Gasteiger partial charge in [0.1, 0.15) is 0 Å². The highest BCUT2D eigenvalue weighted by Gasteiger charge is 2.56. The highest BCUT2D eigenvalue weighted by molar-refractivity contribution is 5.79. The summed E-state index contributed by atoms with van der Waals surface area (Å²) in [5, 5.41) is 0. The van der Waals surface area contributed by atoms with Crippen molar-refractivity contribution in [2.24, 2.45) is 41.4 Å². The van der Waals surface area contributed by atoms with Crippen molar-refractivity contribution in [3.05, 3.63) is 24.3 Å². The smallest absolute Gasteiger partial charge is 0.225 e. The Morgan fingerprint density at radius 2 is 1.29 bits per heavy atom. The minimum Gasteiger partial charge on any atom is -0.342 e. The van der Waals surface area contributed by atoms with Crippen molar-refractivity contribution in [2.75, 3.05) is 13.1 Å². The lowest BCUT2D eigenvalue weighted by molar-refractivity contribution is -0.135. The SMILES string of the molecule is O=C(C1CCCCC1)N1CC2[C@@H](C1)[C@H]1C=C[C@@H]2[C@@H]2C=C[C@@H]21. The molecular weight excluding hydrogens is 258 g/mol. The molecule has 2 saturated carbocycles. The van der Waals surface area contributed by atoms with Crippen LogP contribution in [-0.4, -0.2) is 23.9 Å². The number of allylic oxidation sites excluding steroid dienone is 4. The molecule has 0 radical (unpaired) electrons. The van der Waals surface area contributed by atoms with Crippen LogP contribution in [0.1, 0.15) is 32.1 Å². The van der Waals surface area contributed by atoms with Crippen LogP contribution in [-0.2, 0) is 4.79 Å². The number of nitrogens with zero attached hydrogens (tertiary/aromatic N) is 1. The molecule has 0 aromatic carbocycles. The molecule has 1 aliphatic heterocycles. The first-order valence-corrected chi connectivity index (χ1v) is 8.98. The molecule has 6 rings (SSSR count). The number of hydrogen-bond acceptors (Lipinski definition) is 1. The van der Waals surface area contributed by atoms with Gasteiger partial charge in [-0.05, 0) is 48.3 Å². The molecule has 6 atom stereocenters. The lowest BCUT2D eigenvalue weighted by Gasteiger charge is -2.53. The number of carbonyl (C=O) groups is 1. The Morgan fingerprint density at radius 1 is 0.762 bits per heavy atom. The predicted octanol–water partition coefficient (Wildman–Crippen LogP) is 3.26. The summed E-state index contributed by atoms with van der Waals surface area (Å²) in [5.74, 6) is 5.37. The van der Waals surface area contributed by atoms with Gasteiger partial charge in [0.25, 0.3) is 0 Å². The lowest BCUT2D eigenvalue weighted by atomic mass is 9.50. The molecule has 2 heteroatoms. The van der Waals surface area contributed by atoms with Gasteiger partial charge in [-0.15, -0.1) is 0 Å². The Bertz CT molecular complexity index is 486. The third-order valence-electron chi connectivity index (χ3n) is 7.11. The Labute approximate surface area is 127 Å². The molecule has 1 heterocycles. The first-order chi connectivity index (χ1) is 10.3. The summed E-state index contributed by atoms with van der Waals surface area (Å²) in [6.45, 7) is 2.09. The summed E-state index contributed by atoms with van der Waals surface area (Å²) in [7, 11) is 0. The van der Waals surface area contributed by atoms with Crippen molar-refractivity contribution in [3.63, 3.8) is 0 Å². The Morgan fingerprint density at radius 3 is 1.81 bits per heavy atom. The van der Waals surface area contributed by atoms with Gasteiger partial charge in [0.05, 0.1) is 0 Å². The third kappa shape index (κ3) is 1.68. The molecule has 0 aromatic rings. The van der Waals surface area contributed by atoms with Crippen molar-refractivity contribution in [3.8, 4) is 0 Å². The van der Waals surface area contributed by atoms with Crippen molar-refractivity contribution >= 4 is 5.91 Å². The molecule has 0 N–H and O–H groups in total. The molecule has 0 aromatic heterocycles. The summed E-state index contributed by atoms with van der Waals surface area (Å²) in [6.07, 6.45) is 15.9. The molecule has 2 nitrogen and oxygen atoms in total. The van der Waals surface area contributed by atoms with Crippen LogP contribution < -0.4 is 0 Å². The molecule has 1 saturated heterocycles. The zero-order valence-corrected chi connectivity index (χ0v) is 12.7. The number of hydrogen-bond donors (Lipinski definition) is 0. The van der Waals surface area contributed by atoms with Gasteiger partial charge in [-0.25, -0.2) is 0 Å². The quantitative estimate of drug-likeness (QED) is 0.676. The molecule has 5 aliphatic carbocycles. The van der Waals surface area contributed by atoms with Gasteiger partial charge in [0.2, 0.25) is 5.91 Å². The molecule has 1 unspecified atom stereocenters. The van der Waals surface area contributed by atoms with Crippen LogP contribution >= 0.6 is 0 Å². The van der Waals surface area contributed by atoms with E-state index in [2.05, 4.69) is 29.2 Å². The van der Waals surface area contributed by atoms with Crippen LogP contribution in [0, 0.1) is 41.4 Å². The minimum absolute atomic E-state index is 0.347. The van der Waals surface area contributed by atoms with Gasteiger partial charge >= 0.3 is 0 Å². The fraction of sp³-hybridized carbons (Fsp3) is 0.737. The van der Waals surface area contributed by atoms with E-state index in [1.807, 2.05) is 0 Å². The zero-order valence-electron chi connectivity index (χ0n) is 12.7. The number of rotatable bonds is 1. The second-order valence-electron chi connectivity index (χ2n) is 7.99. The summed E-state index contributed by atoms with van der Waals surface area (Å²) in [4.78, 5) is 15.1. The van der Waals surface area contributed by atoms with Gasteiger partial charge in [-0.1, -0.05) is 43.6 Å². The van der Waals surface area contributed by atoms with Crippen LogP contribution in [0.4, 0.5) is 0 Å². The fourth-order valence-electron chi connectivity index (χ4n) is 5.96. The lowest BCUT2D eigenvalue weighted by Crippen LogP contribution is -2.49. The first kappa shape index (κ1) is 12.5. The van der Waals surface area contributed by atoms with E-state index in [4.69, 9.17) is 0 Å². The van der Waals surface area contributed by atoms with Crippen molar-refractivity contribution < 1.29 is 4.79 Å². The molecule has 3 fully saturated rings. The summed E-state index contributed by atoms with van der Waals surface area (Å²) >= 11 is 0. The van der Waals surface area contributed by atoms with Gasteiger partial charge in [-0.3, -0.25) is 4.79 Å². The van der Waals surface area contributed by atoms with Crippen LogP contribution in [0.25, 0.3) is 0 Å². The average molecular weight is 283 g/mol. The monoisotopic (exact) mass is 283 g/mol. The number of amides is 1. The molecular formula is C19H25NO. The Kier molecular flexibility index (Phi) is 2.66. The maximum absolute atomic E-state index is 12.8. The summed E-state index contributed by atoms with van der Waals surface area (Å²) in [5.41, 5.74) is 0. The maximum atomic E-state index is 12.8. The topological polar surface area (TPSA) is 20.3 Å². The van der Waals surface area contributed by atoms with E-state index in [0.717, 1.165) is 61.4 Å². The second kappa shape index (κ2) is 4.47. The van der Waals surface area contributed by atoms with Crippen LogP contribution in [0.2, 0.25) is 0 Å². The largest absolute Gasteiger partial charge is 0.342 e. The van der Waals surface area contributed by atoms with Gasteiger partial charge in [0.15, 0.2) is 0 Å². The van der Waals surface area contributed by atoms with E-state index in [0.29, 0.717) is 11.8 Å². The van der Waals surface area contributed by atoms with E-state index in [1.54, 1.807) is 0 Å². The minimum atomic E-state index is 0.347. The predicted molar refractivity (Wildman–Crippen MR) is 82.4 cm³/mol. The third-order valence-corrected chi connectivity index (χ3v) is 7.11. The van der Waals surface area contributed by atoms with E-state index < -0.39 is 0 Å². The standard InChI is InChI=1S/C19H25NO/c21-19(12-4-2-1-3-5-12)20-10-17-15-8-9-16(18(17)11-20)14-7-6-13(14)15/h6-9,12-18H,1-5,10-11H2/t13-,14+,15-,16+,17-,18?/m0/s1. The van der Waals surface area contributed by atoms with E-state index in [1.165, 1.54) is 19.3 Å². The van der Waals surface area contributed by atoms with Crippen LogP contribution in [0.3, 0.4) is 0 Å². The van der Waals surface area contributed by atoms with Gasteiger partial charge < -0.3 is 4.90 Å². The van der Waals surface area contributed by atoms with Crippen LogP contribution in [0.5, 0.6) is 0 Å². The molecule has 0 spiro atoms. The molecule has 2 bridgehead atoms. The highest BCUT2D eigenvalue weighted by atomic mass is 16.2. The van der Waals surface area contributed by atoms with E-state index in [-0.39, 0.29) is 0 Å². The fourth-order valence-corrected chi connectivity index (χ4v) is 5.96. The summed E-state index contributed by atoms with van der Waals surface area (Å²) < 4.78 is 0. The first-order valence-electron chi connectivity index (χ1n) is 8.98. The molecule has 112 valence electrons. The van der Waals surface area contributed by atoms with E-state index in [9.17, 15) is 4.79 Å². The summed E-state index contributed by atoms with van der Waals surface area (Å²) in [6, 6.07) is 0. The van der Waals surface area contributed by atoms with Gasteiger partial charge in [-0.2, -0.15) is 0 Å². The Balaban J connectivity index is 1.34. The normalized spacial score (nSPS) is 47.1. The average Bonchev–Trinajstić information content (AvgIpc) is 2.94.